The van der Waals surface area contributed by atoms with Crippen molar-refractivity contribution >= 4 is 17.4 Å². The number of hydrogen-bond acceptors (Lipinski definition) is 5. The summed E-state index contributed by atoms with van der Waals surface area (Å²) in [7, 11) is 0. The van der Waals surface area contributed by atoms with Crippen molar-refractivity contribution in [2.45, 2.75) is 24.8 Å². The predicted molar refractivity (Wildman–Crippen MR) is 68.6 cm³/mol. The van der Waals surface area contributed by atoms with Gasteiger partial charge in [-0.25, -0.2) is 4.98 Å². The van der Waals surface area contributed by atoms with Gasteiger partial charge in [0.2, 0.25) is 5.82 Å². The smallest absolute Gasteiger partial charge is 0.304 e. The molecule has 0 N–H and O–H groups in total. The maximum atomic E-state index is 13.4. The number of nitro benzene ring substituents is 1. The van der Waals surface area contributed by atoms with Crippen LogP contribution >= 0.6 is 11.8 Å². The summed E-state index contributed by atoms with van der Waals surface area (Å²) in [5, 5.41) is 11.0. The van der Waals surface area contributed by atoms with Crippen molar-refractivity contribution in [3.63, 3.8) is 0 Å². The number of hydrogen-bond donors (Lipinski definition) is 0. The quantitative estimate of drug-likeness (QED) is 0.486. The third-order valence-corrected chi connectivity index (χ3v) is 3.48. The number of aryl methyl sites for hydroxylation is 2. The lowest BCUT2D eigenvalue weighted by Crippen LogP contribution is -1.93. The minimum Gasteiger partial charge on any atom is -0.437 e. The van der Waals surface area contributed by atoms with Gasteiger partial charge >= 0.3 is 5.69 Å². The number of oxazole rings is 1. The standard InChI is InChI=1S/C12H11FN2O3S/c1-7-8(2)18-12(14-7)19-6-9-3-4-11(15(16)17)10(13)5-9/h3-5H,6H2,1-2H3. The Hall–Kier alpha value is -1.89. The van der Waals surface area contributed by atoms with E-state index >= 15 is 0 Å². The van der Waals surface area contributed by atoms with Gasteiger partial charge in [0.25, 0.3) is 5.22 Å². The summed E-state index contributed by atoms with van der Waals surface area (Å²) in [5.74, 6) is 0.356. The molecule has 0 aliphatic heterocycles. The van der Waals surface area contributed by atoms with Crippen LogP contribution < -0.4 is 0 Å². The molecule has 0 unspecified atom stereocenters. The number of aromatic nitrogens is 1. The van der Waals surface area contributed by atoms with E-state index in [1.807, 2.05) is 13.8 Å². The fourth-order valence-corrected chi connectivity index (χ4v) is 2.29. The van der Waals surface area contributed by atoms with Gasteiger partial charge in [0.05, 0.1) is 10.6 Å². The third kappa shape index (κ3) is 3.11. The second-order valence-electron chi connectivity index (χ2n) is 3.95. The van der Waals surface area contributed by atoms with Gasteiger partial charge in [0.1, 0.15) is 5.76 Å². The Morgan fingerprint density at radius 2 is 2.21 bits per heavy atom. The van der Waals surface area contributed by atoms with E-state index in [0.717, 1.165) is 23.6 Å². The fourth-order valence-electron chi connectivity index (χ4n) is 1.44. The first-order chi connectivity index (χ1) is 8.97. The molecule has 1 heterocycles. The van der Waals surface area contributed by atoms with Crippen molar-refractivity contribution < 1.29 is 13.7 Å². The average Bonchev–Trinajstić information content (AvgIpc) is 2.66. The molecule has 0 saturated carbocycles. The highest BCUT2D eigenvalue weighted by molar-refractivity contribution is 7.98. The van der Waals surface area contributed by atoms with E-state index in [2.05, 4.69) is 4.98 Å². The minimum absolute atomic E-state index is 0.439. The molecule has 2 rings (SSSR count). The highest BCUT2D eigenvalue weighted by atomic mass is 32.2. The molecule has 0 aliphatic rings. The maximum absolute atomic E-state index is 13.4. The highest BCUT2D eigenvalue weighted by Gasteiger charge is 2.14. The third-order valence-electron chi connectivity index (χ3n) is 2.58. The first kappa shape index (κ1) is 13.5. The Bertz CT molecular complexity index is 608. The molecule has 0 fully saturated rings. The van der Waals surface area contributed by atoms with Crippen molar-refractivity contribution in [3.8, 4) is 0 Å². The molecule has 0 bridgehead atoms. The monoisotopic (exact) mass is 282 g/mol. The van der Waals surface area contributed by atoms with E-state index in [0.29, 0.717) is 16.5 Å². The van der Waals surface area contributed by atoms with Crippen LogP contribution in [0, 0.1) is 29.8 Å². The lowest BCUT2D eigenvalue weighted by atomic mass is 10.2. The van der Waals surface area contributed by atoms with Crippen LogP contribution in [-0.2, 0) is 5.75 Å². The summed E-state index contributed by atoms with van der Waals surface area (Å²) in [6.07, 6.45) is 0. The van der Waals surface area contributed by atoms with E-state index in [1.54, 1.807) is 0 Å². The Balaban J connectivity index is 2.08. The van der Waals surface area contributed by atoms with E-state index in [-0.39, 0.29) is 0 Å². The van der Waals surface area contributed by atoms with E-state index in [4.69, 9.17) is 4.42 Å². The molecule has 0 atom stereocenters. The molecule has 1 aromatic carbocycles. The number of thioether (sulfide) groups is 1. The molecule has 0 saturated heterocycles. The number of rotatable bonds is 4. The average molecular weight is 282 g/mol. The van der Waals surface area contributed by atoms with Gasteiger partial charge < -0.3 is 4.42 Å². The molecule has 2 aromatic rings. The second kappa shape index (κ2) is 5.40. The zero-order valence-electron chi connectivity index (χ0n) is 10.3. The Morgan fingerprint density at radius 3 is 2.74 bits per heavy atom. The number of nitrogens with zero attached hydrogens (tertiary/aromatic N) is 2. The first-order valence-corrected chi connectivity index (χ1v) is 6.45. The van der Waals surface area contributed by atoms with Crippen LogP contribution in [0.2, 0.25) is 0 Å². The summed E-state index contributed by atoms with van der Waals surface area (Å²) in [6.45, 7) is 3.66. The molecule has 0 spiro atoms. The van der Waals surface area contributed by atoms with Crippen molar-refractivity contribution in [2.24, 2.45) is 0 Å². The van der Waals surface area contributed by atoms with Gasteiger partial charge in [-0.1, -0.05) is 17.8 Å². The molecule has 7 heteroatoms. The summed E-state index contributed by atoms with van der Waals surface area (Å²) >= 11 is 1.32. The van der Waals surface area contributed by atoms with Gasteiger partial charge in [0.15, 0.2) is 0 Å². The molecule has 19 heavy (non-hydrogen) atoms. The largest absolute Gasteiger partial charge is 0.437 e. The van der Waals surface area contributed by atoms with Crippen LogP contribution in [0.4, 0.5) is 10.1 Å². The summed E-state index contributed by atoms with van der Waals surface area (Å²) in [5.41, 5.74) is 0.940. The molecule has 0 aliphatic carbocycles. The Morgan fingerprint density at radius 1 is 1.47 bits per heavy atom. The normalized spacial score (nSPS) is 10.7. The van der Waals surface area contributed by atoms with E-state index in [1.165, 1.54) is 17.8 Å². The lowest BCUT2D eigenvalue weighted by Gasteiger charge is -1.99. The number of benzene rings is 1. The predicted octanol–water partition coefficient (Wildman–Crippen LogP) is 3.63. The van der Waals surface area contributed by atoms with E-state index in [9.17, 15) is 14.5 Å². The SMILES string of the molecule is Cc1nc(SCc2ccc([N+](=O)[O-])c(F)c2)oc1C. The van der Waals surface area contributed by atoms with Gasteiger partial charge in [-0.3, -0.25) is 10.1 Å². The fraction of sp³-hybridized carbons (Fsp3) is 0.250. The van der Waals surface area contributed by atoms with Crippen LogP contribution in [0.5, 0.6) is 0 Å². The molecule has 1 aromatic heterocycles. The van der Waals surface area contributed by atoms with Gasteiger partial charge in [-0.05, 0) is 25.5 Å². The molecular weight excluding hydrogens is 271 g/mol. The number of nitro groups is 1. The first-order valence-electron chi connectivity index (χ1n) is 5.47. The molecule has 100 valence electrons. The molecule has 0 radical (unpaired) electrons. The van der Waals surface area contributed by atoms with Gasteiger partial charge in [-0.15, -0.1) is 0 Å². The Kier molecular flexibility index (Phi) is 3.84. The second-order valence-corrected chi connectivity index (χ2v) is 4.88. The highest BCUT2D eigenvalue weighted by Crippen LogP contribution is 2.26. The van der Waals surface area contributed by atoms with Crippen molar-refractivity contribution in [1.82, 2.24) is 4.98 Å². The minimum atomic E-state index is -0.831. The van der Waals surface area contributed by atoms with Crippen LogP contribution in [0.15, 0.2) is 27.8 Å². The van der Waals surface area contributed by atoms with Gasteiger partial charge in [0, 0.05) is 11.8 Å². The van der Waals surface area contributed by atoms with Crippen LogP contribution in [0.3, 0.4) is 0 Å². The summed E-state index contributed by atoms with van der Waals surface area (Å²) < 4.78 is 18.8. The van der Waals surface area contributed by atoms with Crippen LogP contribution in [-0.4, -0.2) is 9.91 Å². The van der Waals surface area contributed by atoms with E-state index < -0.39 is 16.4 Å². The topological polar surface area (TPSA) is 69.2 Å². The summed E-state index contributed by atoms with van der Waals surface area (Å²) in [6, 6.07) is 3.85. The van der Waals surface area contributed by atoms with Crippen molar-refractivity contribution in [1.29, 1.82) is 0 Å². The molecule has 0 amide bonds. The van der Waals surface area contributed by atoms with Crippen molar-refractivity contribution in [3.05, 3.63) is 51.1 Å². The van der Waals surface area contributed by atoms with Crippen LogP contribution in [0.25, 0.3) is 0 Å². The number of halogens is 1. The van der Waals surface area contributed by atoms with Crippen LogP contribution in [0.1, 0.15) is 17.0 Å². The zero-order chi connectivity index (χ0) is 14.0. The Labute approximate surface area is 113 Å². The molecule has 5 nitrogen and oxygen atoms in total. The lowest BCUT2D eigenvalue weighted by molar-refractivity contribution is -0.387. The van der Waals surface area contributed by atoms with Gasteiger partial charge in [-0.2, -0.15) is 4.39 Å². The van der Waals surface area contributed by atoms with Crippen molar-refractivity contribution in [2.75, 3.05) is 0 Å². The zero-order valence-corrected chi connectivity index (χ0v) is 11.2. The maximum Gasteiger partial charge on any atom is 0.304 e. The summed E-state index contributed by atoms with van der Waals surface area (Å²) in [4.78, 5) is 13.9. The molecular formula is C12H11FN2O3S.